The molecule has 13 rings (SSSR count). The molecule has 0 bridgehead atoms. The maximum atomic E-state index is 2.53. The van der Waals surface area contributed by atoms with Gasteiger partial charge in [-0.15, -0.1) is 0 Å². The molecule has 304 valence electrons. The van der Waals surface area contributed by atoms with Gasteiger partial charge in [-0.3, -0.25) is 0 Å². The Kier molecular flexibility index (Phi) is 8.47. The minimum Gasteiger partial charge on any atom is -0.310 e. The van der Waals surface area contributed by atoms with Crippen molar-refractivity contribution in [3.63, 3.8) is 0 Å². The first-order valence-electron chi connectivity index (χ1n) is 22.5. The van der Waals surface area contributed by atoms with Gasteiger partial charge in [0.2, 0.25) is 0 Å². The lowest BCUT2D eigenvalue weighted by Gasteiger charge is -2.35. The summed E-state index contributed by atoms with van der Waals surface area (Å²) in [6.45, 7) is 0. The molecule has 0 fully saturated rings. The maximum absolute atomic E-state index is 2.53. The van der Waals surface area contributed by atoms with E-state index in [2.05, 4.69) is 264 Å². The first-order valence-corrected chi connectivity index (χ1v) is 22.5. The van der Waals surface area contributed by atoms with Gasteiger partial charge in [-0.25, -0.2) is 0 Å². The Morgan fingerprint density at radius 3 is 1.54 bits per heavy atom. The van der Waals surface area contributed by atoms with Crippen LogP contribution in [0, 0.1) is 0 Å². The number of pyridine rings is 1. The van der Waals surface area contributed by atoms with Gasteiger partial charge in [0.05, 0.1) is 22.0 Å². The maximum Gasteiger partial charge on any atom is 0.0714 e. The Balaban J connectivity index is 1.02. The summed E-state index contributed by atoms with van der Waals surface area (Å²) in [7, 11) is 0. The third-order valence-electron chi connectivity index (χ3n) is 13.8. The summed E-state index contributed by atoms with van der Waals surface area (Å²) in [5.74, 6) is 0. The number of aromatic nitrogens is 1. The van der Waals surface area contributed by atoms with Crippen molar-refractivity contribution >= 4 is 55.2 Å². The Labute approximate surface area is 378 Å². The number of rotatable bonds is 7. The van der Waals surface area contributed by atoms with E-state index in [1.807, 2.05) is 0 Å². The van der Waals surface area contributed by atoms with Crippen molar-refractivity contribution in [2.45, 2.75) is 5.41 Å². The lowest BCUT2D eigenvalue weighted by molar-refractivity contribution is 0.768. The molecule has 1 aliphatic carbocycles. The van der Waals surface area contributed by atoms with Gasteiger partial charge in [0, 0.05) is 44.3 Å². The van der Waals surface area contributed by atoms with Crippen LogP contribution in [-0.4, -0.2) is 4.40 Å². The van der Waals surface area contributed by atoms with E-state index in [0.29, 0.717) is 0 Å². The molecule has 2 heterocycles. The molecule has 2 aromatic heterocycles. The number of benzene rings is 10. The molecule has 0 saturated heterocycles. The molecule has 0 radical (unpaired) electrons. The molecule has 2 nitrogen and oxygen atoms in total. The van der Waals surface area contributed by atoms with Crippen LogP contribution in [0.4, 0.5) is 17.1 Å². The largest absolute Gasteiger partial charge is 0.310 e. The van der Waals surface area contributed by atoms with Crippen LogP contribution in [0.5, 0.6) is 0 Å². The summed E-state index contributed by atoms with van der Waals surface area (Å²) in [5.41, 5.74) is 19.0. The highest BCUT2D eigenvalue weighted by Crippen LogP contribution is 2.57. The monoisotopic (exact) mass is 826 g/mol. The third-order valence-corrected chi connectivity index (χ3v) is 13.8. The van der Waals surface area contributed by atoms with Crippen LogP contribution in [0.15, 0.2) is 255 Å². The highest BCUT2D eigenvalue weighted by atomic mass is 15.1. The molecule has 12 aromatic rings. The van der Waals surface area contributed by atoms with Crippen molar-refractivity contribution in [1.82, 2.24) is 4.40 Å². The van der Waals surface area contributed by atoms with Crippen LogP contribution in [0.2, 0.25) is 0 Å². The van der Waals surface area contributed by atoms with Crippen molar-refractivity contribution < 1.29 is 0 Å². The quantitative estimate of drug-likeness (QED) is 0.145. The highest BCUT2D eigenvalue weighted by molar-refractivity contribution is 6.23. The number of hydrogen-bond acceptors (Lipinski definition) is 1. The molecular weight excluding hydrogens is 785 g/mol. The van der Waals surface area contributed by atoms with E-state index >= 15 is 0 Å². The number of anilines is 3. The Hall–Kier alpha value is -8.46. The SMILES string of the molecule is c1ccc(-c2c3ccccc3n3c4c(-c5ccc(N(c6ccccc6)c6ccc7c(c6)C(c6ccccc6)(c6ccccc6)c6ccccc6-7)cc5)cccc4c4ccccc4c23)cc1. The predicted octanol–water partition coefficient (Wildman–Crippen LogP) is 16.6. The van der Waals surface area contributed by atoms with Crippen LogP contribution in [0.3, 0.4) is 0 Å². The minimum atomic E-state index is -0.496. The van der Waals surface area contributed by atoms with E-state index in [9.17, 15) is 0 Å². The highest BCUT2D eigenvalue weighted by Gasteiger charge is 2.46. The van der Waals surface area contributed by atoms with E-state index in [-0.39, 0.29) is 0 Å². The molecular formula is C63H42N2. The van der Waals surface area contributed by atoms with Crippen molar-refractivity contribution in [1.29, 1.82) is 0 Å². The molecule has 10 aromatic carbocycles. The zero-order chi connectivity index (χ0) is 42.9. The molecule has 0 atom stereocenters. The minimum absolute atomic E-state index is 0.496. The van der Waals surface area contributed by atoms with Crippen molar-refractivity contribution in [3.05, 3.63) is 277 Å². The van der Waals surface area contributed by atoms with Crippen molar-refractivity contribution in [2.75, 3.05) is 4.90 Å². The molecule has 0 N–H and O–H groups in total. The van der Waals surface area contributed by atoms with Gasteiger partial charge in [0.25, 0.3) is 0 Å². The average Bonchev–Trinajstić information content (AvgIpc) is 3.89. The molecule has 0 aliphatic heterocycles. The van der Waals surface area contributed by atoms with Gasteiger partial charge in [0.15, 0.2) is 0 Å². The van der Waals surface area contributed by atoms with Gasteiger partial charge < -0.3 is 9.30 Å². The van der Waals surface area contributed by atoms with Gasteiger partial charge >= 0.3 is 0 Å². The topological polar surface area (TPSA) is 7.65 Å². The summed E-state index contributed by atoms with van der Waals surface area (Å²) in [6, 6.07) is 93.7. The Morgan fingerprint density at radius 1 is 0.308 bits per heavy atom. The molecule has 65 heavy (non-hydrogen) atoms. The second-order valence-corrected chi connectivity index (χ2v) is 17.2. The molecule has 0 saturated carbocycles. The second-order valence-electron chi connectivity index (χ2n) is 17.2. The summed E-state index contributed by atoms with van der Waals surface area (Å²) >= 11 is 0. The number of nitrogens with zero attached hydrogens (tertiary/aromatic N) is 2. The fourth-order valence-corrected chi connectivity index (χ4v) is 11.2. The van der Waals surface area contributed by atoms with Gasteiger partial charge in [-0.1, -0.05) is 212 Å². The predicted molar refractivity (Wildman–Crippen MR) is 273 cm³/mol. The standard InChI is InChI=1S/C63H42N2/c1-5-20-44(21-6-1)60-56-31-16-18-35-59(56)65-61-50(32-19-33-54(61)51-28-13-14-30-55(51)62(60)65)43-36-38-48(39-37-43)64(47-26-11-4-12-27-47)49-40-41-53-52-29-15-17-34-57(52)63(58(53)42-49,45-22-7-2-8-23-45)46-24-9-3-10-25-46/h1-42H. The zero-order valence-corrected chi connectivity index (χ0v) is 35.6. The van der Waals surface area contributed by atoms with E-state index in [0.717, 1.165) is 17.1 Å². The van der Waals surface area contributed by atoms with E-state index < -0.39 is 5.41 Å². The van der Waals surface area contributed by atoms with Crippen molar-refractivity contribution in [3.8, 4) is 33.4 Å². The normalized spacial score (nSPS) is 12.7. The average molecular weight is 827 g/mol. The molecule has 0 amide bonds. The molecule has 1 aliphatic rings. The fourth-order valence-electron chi connectivity index (χ4n) is 11.2. The lowest BCUT2D eigenvalue weighted by Crippen LogP contribution is -2.28. The van der Waals surface area contributed by atoms with E-state index in [1.54, 1.807) is 0 Å². The molecule has 0 spiro atoms. The zero-order valence-electron chi connectivity index (χ0n) is 35.6. The van der Waals surface area contributed by atoms with E-state index in [1.165, 1.54) is 93.7 Å². The first-order chi connectivity index (χ1) is 32.3. The summed E-state index contributed by atoms with van der Waals surface area (Å²) in [6.07, 6.45) is 0. The van der Waals surface area contributed by atoms with Crippen LogP contribution >= 0.6 is 0 Å². The van der Waals surface area contributed by atoms with Gasteiger partial charge in [-0.05, 0) is 92.4 Å². The third kappa shape index (κ3) is 5.54. The number of para-hydroxylation sites is 3. The first kappa shape index (κ1) is 37.1. The van der Waals surface area contributed by atoms with E-state index in [4.69, 9.17) is 0 Å². The van der Waals surface area contributed by atoms with Crippen molar-refractivity contribution in [2.24, 2.45) is 0 Å². The van der Waals surface area contributed by atoms with Gasteiger partial charge in [0.1, 0.15) is 0 Å². The van der Waals surface area contributed by atoms with Crippen LogP contribution in [0.1, 0.15) is 22.3 Å². The van der Waals surface area contributed by atoms with Crippen LogP contribution < -0.4 is 4.90 Å². The second kappa shape index (κ2) is 14.8. The number of hydrogen-bond donors (Lipinski definition) is 0. The Morgan fingerprint density at radius 2 is 0.815 bits per heavy atom. The smallest absolute Gasteiger partial charge is 0.0714 e. The summed E-state index contributed by atoms with van der Waals surface area (Å²) in [5, 5.41) is 4.99. The Bertz CT molecular complexity index is 3700. The van der Waals surface area contributed by atoms with Crippen LogP contribution in [0.25, 0.3) is 71.5 Å². The lowest BCUT2D eigenvalue weighted by atomic mass is 9.67. The molecule has 2 heteroatoms. The number of fused-ring (bicyclic) bond motifs is 11. The summed E-state index contributed by atoms with van der Waals surface area (Å²) < 4.78 is 2.53. The fraction of sp³-hybridized carbons (Fsp3) is 0.0159. The van der Waals surface area contributed by atoms with Gasteiger partial charge in [-0.2, -0.15) is 0 Å². The van der Waals surface area contributed by atoms with Crippen LogP contribution in [-0.2, 0) is 5.41 Å². The molecule has 0 unspecified atom stereocenters. The summed E-state index contributed by atoms with van der Waals surface area (Å²) in [4.78, 5) is 2.41.